The maximum Gasteiger partial charge on any atom is 0.214 e. The highest BCUT2D eigenvalue weighted by molar-refractivity contribution is 7.90. The minimum Gasteiger partial charge on any atom is -0.212 e. The zero-order chi connectivity index (χ0) is 12.2. The van der Waals surface area contributed by atoms with Crippen molar-refractivity contribution in [2.75, 3.05) is 0 Å². The van der Waals surface area contributed by atoms with Gasteiger partial charge in [0.25, 0.3) is 0 Å². The molecule has 1 aromatic carbocycles. The Morgan fingerprint density at radius 3 is 2.31 bits per heavy atom. The summed E-state index contributed by atoms with van der Waals surface area (Å²) in [5.74, 6) is 0. The summed E-state index contributed by atoms with van der Waals surface area (Å²) in [5, 5.41) is -0.390. The second-order valence-electron chi connectivity index (χ2n) is 4.23. The number of hydrogen-bond donors (Lipinski definition) is 1. The molecule has 0 saturated carbocycles. The highest BCUT2D eigenvalue weighted by Gasteiger charge is 2.18. The summed E-state index contributed by atoms with van der Waals surface area (Å²) in [7, 11) is -3.18. The lowest BCUT2D eigenvalue weighted by molar-refractivity contribution is 0.551. The van der Waals surface area contributed by atoms with Crippen molar-refractivity contribution >= 4 is 10.0 Å². The molecule has 0 spiro atoms. The fourth-order valence-electron chi connectivity index (χ4n) is 1.37. The van der Waals surface area contributed by atoms with Crippen LogP contribution in [0.1, 0.15) is 26.3 Å². The lowest BCUT2D eigenvalue weighted by Crippen LogP contribution is -2.38. The van der Waals surface area contributed by atoms with Gasteiger partial charge in [0.2, 0.25) is 10.0 Å². The monoisotopic (exact) mass is 240 g/mol. The molecule has 0 aromatic heterocycles. The van der Waals surface area contributed by atoms with Crippen molar-refractivity contribution in [3.05, 3.63) is 35.9 Å². The van der Waals surface area contributed by atoms with E-state index in [2.05, 4.69) is 10.8 Å². The molecule has 0 heterocycles. The molecular weight excluding hydrogens is 222 g/mol. The fourth-order valence-corrected chi connectivity index (χ4v) is 2.29. The molecule has 4 heteroatoms. The molecule has 0 aliphatic heterocycles. The van der Waals surface area contributed by atoms with Gasteiger partial charge in [0.15, 0.2) is 0 Å². The molecule has 0 amide bonds. The van der Waals surface area contributed by atoms with Crippen LogP contribution >= 0.6 is 0 Å². The fraction of sp³-hybridized carbons (Fsp3) is 0.500. The van der Waals surface area contributed by atoms with Gasteiger partial charge in [-0.1, -0.05) is 24.3 Å². The molecular formula is C12H18NO2S. The molecule has 1 atom stereocenters. The minimum atomic E-state index is -3.18. The predicted molar refractivity (Wildman–Crippen MR) is 65.6 cm³/mol. The molecule has 1 unspecified atom stereocenters. The smallest absolute Gasteiger partial charge is 0.212 e. The quantitative estimate of drug-likeness (QED) is 0.852. The largest absolute Gasteiger partial charge is 0.214 e. The first-order chi connectivity index (χ1) is 7.42. The van der Waals surface area contributed by atoms with Crippen molar-refractivity contribution < 1.29 is 8.42 Å². The van der Waals surface area contributed by atoms with Crippen molar-refractivity contribution in [3.63, 3.8) is 0 Å². The van der Waals surface area contributed by atoms with Gasteiger partial charge in [-0.3, -0.25) is 0 Å². The summed E-state index contributed by atoms with van der Waals surface area (Å²) in [5.41, 5.74) is 1.11. The van der Waals surface area contributed by atoms with Crippen LogP contribution in [0.5, 0.6) is 0 Å². The van der Waals surface area contributed by atoms with Crippen LogP contribution in [-0.4, -0.2) is 19.7 Å². The molecule has 89 valence electrons. The van der Waals surface area contributed by atoms with Gasteiger partial charge in [-0.2, -0.15) is 0 Å². The summed E-state index contributed by atoms with van der Waals surface area (Å²) in [6.45, 7) is 5.22. The van der Waals surface area contributed by atoms with Crippen LogP contribution in [-0.2, 0) is 16.4 Å². The average molecular weight is 240 g/mol. The van der Waals surface area contributed by atoms with E-state index in [4.69, 9.17) is 0 Å². The number of benzene rings is 1. The number of nitrogens with one attached hydrogen (secondary N) is 1. The van der Waals surface area contributed by atoms with Gasteiger partial charge in [0.05, 0.1) is 5.25 Å². The Balaban J connectivity index is 2.58. The summed E-state index contributed by atoms with van der Waals surface area (Å²) < 4.78 is 25.9. The Kier molecular flexibility index (Phi) is 4.50. The molecule has 1 N–H and O–H groups in total. The lowest BCUT2D eigenvalue weighted by Gasteiger charge is -2.16. The maximum absolute atomic E-state index is 11.6. The third-order valence-electron chi connectivity index (χ3n) is 2.32. The number of hydrogen-bond acceptors (Lipinski definition) is 2. The van der Waals surface area contributed by atoms with Gasteiger partial charge in [-0.15, -0.1) is 0 Å². The molecule has 16 heavy (non-hydrogen) atoms. The summed E-state index contributed by atoms with van der Waals surface area (Å²) in [6, 6.07) is 10.4. The second-order valence-corrected chi connectivity index (χ2v) is 6.49. The van der Waals surface area contributed by atoms with Crippen molar-refractivity contribution in [3.8, 4) is 0 Å². The zero-order valence-corrected chi connectivity index (χ0v) is 10.7. The zero-order valence-electron chi connectivity index (χ0n) is 9.90. The van der Waals surface area contributed by atoms with Crippen molar-refractivity contribution in [1.29, 1.82) is 0 Å². The molecule has 1 rings (SSSR count). The number of sulfonamides is 1. The van der Waals surface area contributed by atoms with E-state index in [-0.39, 0.29) is 11.3 Å². The Hall–Kier alpha value is -0.870. The molecule has 1 aromatic rings. The second kappa shape index (κ2) is 5.46. The van der Waals surface area contributed by atoms with Crippen LogP contribution in [0.4, 0.5) is 0 Å². The van der Waals surface area contributed by atoms with Crippen molar-refractivity contribution in [1.82, 2.24) is 4.72 Å². The van der Waals surface area contributed by atoms with Gasteiger partial charge < -0.3 is 0 Å². The Morgan fingerprint density at radius 2 is 1.81 bits per heavy atom. The normalized spacial score (nSPS) is 14.0. The first-order valence-electron chi connectivity index (χ1n) is 5.38. The highest BCUT2D eigenvalue weighted by Crippen LogP contribution is 2.05. The van der Waals surface area contributed by atoms with E-state index in [1.54, 1.807) is 13.8 Å². The van der Waals surface area contributed by atoms with E-state index in [9.17, 15) is 8.42 Å². The number of rotatable bonds is 5. The van der Waals surface area contributed by atoms with Crippen LogP contribution in [0, 0.1) is 6.07 Å². The third-order valence-corrected chi connectivity index (χ3v) is 4.29. The summed E-state index contributed by atoms with van der Waals surface area (Å²) in [6.07, 6.45) is 0.695. The molecule has 1 radical (unpaired) electrons. The van der Waals surface area contributed by atoms with Crippen LogP contribution in [0.3, 0.4) is 0 Å². The highest BCUT2D eigenvalue weighted by atomic mass is 32.2. The molecule has 0 aliphatic carbocycles. The van der Waals surface area contributed by atoms with E-state index in [0.29, 0.717) is 6.42 Å². The summed E-state index contributed by atoms with van der Waals surface area (Å²) in [4.78, 5) is 0. The van der Waals surface area contributed by atoms with Gasteiger partial charge in [-0.05, 0) is 38.8 Å². The Labute approximate surface area is 97.9 Å². The standard InChI is InChI=1S/C12H18NO2S/c1-10(2)16(14,15)13-11(3)9-12-7-5-4-6-8-12/h5-8,10-11,13H,9H2,1-3H3. The topological polar surface area (TPSA) is 46.2 Å². The molecule has 0 saturated heterocycles. The average Bonchev–Trinajstić information content (AvgIpc) is 2.17. The Bertz CT molecular complexity index is 412. The SMILES string of the molecule is CC(Cc1cc[c]cc1)NS(=O)(=O)C(C)C. The van der Waals surface area contributed by atoms with Gasteiger partial charge in [0, 0.05) is 6.04 Å². The van der Waals surface area contributed by atoms with E-state index < -0.39 is 10.0 Å². The maximum atomic E-state index is 11.6. The first kappa shape index (κ1) is 13.2. The van der Waals surface area contributed by atoms with Crippen LogP contribution in [0.2, 0.25) is 0 Å². The van der Waals surface area contributed by atoms with E-state index in [1.807, 2.05) is 31.2 Å². The molecule has 0 aliphatic rings. The molecule has 0 fully saturated rings. The molecule has 3 nitrogen and oxygen atoms in total. The van der Waals surface area contributed by atoms with Crippen molar-refractivity contribution in [2.24, 2.45) is 0 Å². The van der Waals surface area contributed by atoms with Crippen molar-refractivity contribution in [2.45, 2.75) is 38.5 Å². The van der Waals surface area contributed by atoms with Crippen LogP contribution in [0.25, 0.3) is 0 Å². The van der Waals surface area contributed by atoms with Crippen LogP contribution in [0.15, 0.2) is 24.3 Å². The van der Waals surface area contributed by atoms with Gasteiger partial charge in [-0.25, -0.2) is 13.1 Å². The lowest BCUT2D eigenvalue weighted by atomic mass is 10.1. The summed E-state index contributed by atoms with van der Waals surface area (Å²) >= 11 is 0. The third kappa shape index (κ3) is 3.94. The minimum absolute atomic E-state index is 0.0881. The van der Waals surface area contributed by atoms with Gasteiger partial charge in [0.1, 0.15) is 0 Å². The van der Waals surface area contributed by atoms with Crippen LogP contribution < -0.4 is 4.72 Å². The first-order valence-corrected chi connectivity index (χ1v) is 6.92. The Morgan fingerprint density at radius 1 is 1.25 bits per heavy atom. The van der Waals surface area contributed by atoms with E-state index in [1.165, 1.54) is 0 Å². The molecule has 0 bridgehead atoms. The predicted octanol–water partition coefficient (Wildman–Crippen LogP) is 1.75. The van der Waals surface area contributed by atoms with Gasteiger partial charge >= 0.3 is 0 Å². The van der Waals surface area contributed by atoms with E-state index >= 15 is 0 Å². The van der Waals surface area contributed by atoms with E-state index in [0.717, 1.165) is 5.56 Å².